The Morgan fingerprint density at radius 1 is 1.25 bits per heavy atom. The quantitative estimate of drug-likeness (QED) is 0.672. The molecule has 1 heterocycles. The maximum Gasteiger partial charge on any atom is 0.351 e. The van der Waals surface area contributed by atoms with Crippen LogP contribution in [0.4, 0.5) is 5.69 Å². The highest BCUT2D eigenvalue weighted by atomic mass is 32.1. The van der Waals surface area contributed by atoms with Gasteiger partial charge in [-0.25, -0.2) is 4.79 Å². The zero-order chi connectivity index (χ0) is 20.1. The molecule has 0 radical (unpaired) electrons. The number of aromatic nitrogens is 1. The van der Waals surface area contributed by atoms with E-state index in [1.165, 1.54) is 4.57 Å². The van der Waals surface area contributed by atoms with E-state index in [4.69, 9.17) is 4.74 Å². The van der Waals surface area contributed by atoms with Gasteiger partial charge in [0.2, 0.25) is 0 Å². The molecule has 6 nitrogen and oxygen atoms in total. The first-order valence-electron chi connectivity index (χ1n) is 8.86. The summed E-state index contributed by atoms with van der Waals surface area (Å²) in [5.41, 5.74) is 0.452. The summed E-state index contributed by atoms with van der Waals surface area (Å²) >= 11 is 1.09. The van der Waals surface area contributed by atoms with Gasteiger partial charge in [-0.05, 0) is 25.3 Å². The minimum atomic E-state index is -0.720. The fourth-order valence-corrected chi connectivity index (χ4v) is 3.95. The van der Waals surface area contributed by atoms with E-state index in [0.717, 1.165) is 27.8 Å². The van der Waals surface area contributed by atoms with E-state index in [2.05, 4.69) is 5.32 Å². The standard InChI is InChI=1S/C21H19N3O3S/c1-3-24-19(25)18(28-20(24)16(12-22)21(26)27-4-2)13-23-17-11-7-9-14-8-5-6-10-15(14)17/h5-11,13,23H,3-4H2,1-2H3/b18-13+,20-16-. The summed E-state index contributed by atoms with van der Waals surface area (Å²) in [6, 6.07) is 15.7. The molecule has 7 heteroatoms. The van der Waals surface area contributed by atoms with Gasteiger partial charge >= 0.3 is 5.97 Å². The molecule has 0 bridgehead atoms. The highest BCUT2D eigenvalue weighted by Crippen LogP contribution is 2.22. The van der Waals surface area contributed by atoms with Crippen molar-refractivity contribution in [1.29, 1.82) is 5.26 Å². The molecule has 0 aliphatic rings. The molecule has 0 unspecified atom stereocenters. The fraction of sp³-hybridized carbons (Fsp3) is 0.190. The molecule has 0 amide bonds. The highest BCUT2D eigenvalue weighted by molar-refractivity contribution is 7.07. The van der Waals surface area contributed by atoms with Gasteiger partial charge < -0.3 is 10.1 Å². The Kier molecular flexibility index (Phi) is 5.92. The predicted molar refractivity (Wildman–Crippen MR) is 111 cm³/mol. The van der Waals surface area contributed by atoms with E-state index in [-0.39, 0.29) is 17.7 Å². The molecule has 0 spiro atoms. The summed E-state index contributed by atoms with van der Waals surface area (Å²) in [5.74, 6) is -0.720. The molecule has 0 aliphatic heterocycles. The lowest BCUT2D eigenvalue weighted by Gasteiger charge is -2.05. The van der Waals surface area contributed by atoms with E-state index in [1.54, 1.807) is 20.0 Å². The molecular formula is C21H19N3O3S. The molecule has 0 aliphatic carbocycles. The summed E-state index contributed by atoms with van der Waals surface area (Å²) in [5, 5.41) is 14.7. The minimum Gasteiger partial charge on any atom is -0.462 e. The molecule has 0 saturated carbocycles. The van der Waals surface area contributed by atoms with Crippen molar-refractivity contribution in [2.45, 2.75) is 20.4 Å². The number of carbonyl (C=O) groups is 1. The molecule has 1 aromatic heterocycles. The maximum atomic E-state index is 12.7. The van der Waals surface area contributed by atoms with Crippen LogP contribution < -0.4 is 20.1 Å². The van der Waals surface area contributed by atoms with E-state index in [0.29, 0.717) is 15.7 Å². The first-order chi connectivity index (χ1) is 13.6. The van der Waals surface area contributed by atoms with Gasteiger partial charge in [0.05, 0.1) is 6.61 Å². The molecule has 3 aromatic rings. The number of esters is 1. The maximum absolute atomic E-state index is 12.7. The molecule has 142 valence electrons. The van der Waals surface area contributed by atoms with Crippen molar-refractivity contribution in [1.82, 2.24) is 4.57 Å². The number of thiazole rings is 1. The van der Waals surface area contributed by atoms with Crippen molar-refractivity contribution in [2.75, 3.05) is 11.9 Å². The van der Waals surface area contributed by atoms with Crippen LogP contribution in [0.1, 0.15) is 13.8 Å². The first kappa shape index (κ1) is 19.4. The summed E-state index contributed by atoms with van der Waals surface area (Å²) in [7, 11) is 0. The lowest BCUT2D eigenvalue weighted by Crippen LogP contribution is -2.32. The minimum absolute atomic E-state index is 0.157. The largest absolute Gasteiger partial charge is 0.462 e. The number of benzene rings is 2. The molecule has 0 atom stereocenters. The van der Waals surface area contributed by atoms with Gasteiger partial charge in [0.15, 0.2) is 5.57 Å². The van der Waals surface area contributed by atoms with Gasteiger partial charge in [-0.1, -0.05) is 36.4 Å². The lowest BCUT2D eigenvalue weighted by molar-refractivity contribution is -0.136. The molecule has 0 saturated heterocycles. The second-order valence-electron chi connectivity index (χ2n) is 5.84. The lowest BCUT2D eigenvalue weighted by atomic mass is 10.1. The molecule has 0 fully saturated rings. The number of rotatable bonds is 5. The van der Waals surface area contributed by atoms with Crippen molar-refractivity contribution in [3.63, 3.8) is 0 Å². The SMILES string of the molecule is CCOC(=O)/C(C#N)=c1\s/c(=C/Nc2cccc3ccccc23)c(=O)n1CC. The Morgan fingerprint density at radius 3 is 2.71 bits per heavy atom. The summed E-state index contributed by atoms with van der Waals surface area (Å²) in [4.78, 5) is 24.8. The number of hydrogen-bond acceptors (Lipinski definition) is 6. The molecule has 28 heavy (non-hydrogen) atoms. The monoisotopic (exact) mass is 393 g/mol. The Bertz CT molecular complexity index is 1240. The van der Waals surface area contributed by atoms with Crippen LogP contribution in [0.2, 0.25) is 0 Å². The normalized spacial score (nSPS) is 12.5. The Morgan fingerprint density at radius 2 is 2.00 bits per heavy atom. The number of nitriles is 1. The number of nitrogens with one attached hydrogen (secondary N) is 1. The number of carbonyl (C=O) groups excluding carboxylic acids is 1. The van der Waals surface area contributed by atoms with Crippen molar-refractivity contribution >= 4 is 45.5 Å². The van der Waals surface area contributed by atoms with Gasteiger partial charge in [0.1, 0.15) is 15.3 Å². The molecular weight excluding hydrogens is 374 g/mol. The third-order valence-electron chi connectivity index (χ3n) is 4.18. The molecule has 1 N–H and O–H groups in total. The van der Waals surface area contributed by atoms with Crippen LogP contribution in [0, 0.1) is 11.3 Å². The number of fused-ring (bicyclic) bond motifs is 1. The van der Waals surface area contributed by atoms with E-state index >= 15 is 0 Å². The van der Waals surface area contributed by atoms with Crippen molar-refractivity contribution in [3.05, 3.63) is 62.0 Å². The van der Waals surface area contributed by atoms with Crippen molar-refractivity contribution in [2.24, 2.45) is 0 Å². The van der Waals surface area contributed by atoms with Gasteiger partial charge in [-0.2, -0.15) is 5.26 Å². The fourth-order valence-electron chi connectivity index (χ4n) is 2.87. The van der Waals surface area contributed by atoms with Crippen LogP contribution in [-0.2, 0) is 16.1 Å². The number of anilines is 1. The van der Waals surface area contributed by atoms with Gasteiger partial charge in [0.25, 0.3) is 5.56 Å². The van der Waals surface area contributed by atoms with Gasteiger partial charge in [-0.3, -0.25) is 9.36 Å². The summed E-state index contributed by atoms with van der Waals surface area (Å²) < 4.78 is 7.07. The second kappa shape index (κ2) is 8.55. The first-order valence-corrected chi connectivity index (χ1v) is 9.68. The van der Waals surface area contributed by atoms with Crippen molar-refractivity contribution in [3.8, 4) is 6.07 Å². The van der Waals surface area contributed by atoms with Crippen molar-refractivity contribution < 1.29 is 9.53 Å². The predicted octanol–water partition coefficient (Wildman–Crippen LogP) is 2.17. The molecule has 2 aromatic carbocycles. The van der Waals surface area contributed by atoms with E-state index in [1.807, 2.05) is 48.5 Å². The van der Waals surface area contributed by atoms with Crippen LogP contribution in [-0.4, -0.2) is 17.1 Å². The third kappa shape index (κ3) is 3.68. The smallest absolute Gasteiger partial charge is 0.351 e. The summed E-state index contributed by atoms with van der Waals surface area (Å²) in [6.07, 6.45) is 1.62. The summed E-state index contributed by atoms with van der Waals surface area (Å²) in [6.45, 7) is 3.96. The highest BCUT2D eigenvalue weighted by Gasteiger charge is 2.16. The van der Waals surface area contributed by atoms with Crippen LogP contribution in [0.25, 0.3) is 22.5 Å². The zero-order valence-corrected chi connectivity index (χ0v) is 16.4. The number of ether oxygens (including phenoxy) is 1. The van der Waals surface area contributed by atoms with Crippen LogP contribution >= 0.6 is 11.3 Å². The van der Waals surface area contributed by atoms with Gasteiger partial charge in [-0.15, -0.1) is 11.3 Å². The average Bonchev–Trinajstić information content (AvgIpc) is 3.02. The Balaban J connectivity index is 2.13. The topological polar surface area (TPSA) is 84.1 Å². The molecule has 3 rings (SSSR count). The second-order valence-corrected chi connectivity index (χ2v) is 6.87. The zero-order valence-electron chi connectivity index (χ0n) is 15.6. The van der Waals surface area contributed by atoms with E-state index in [9.17, 15) is 14.9 Å². The average molecular weight is 393 g/mol. The van der Waals surface area contributed by atoms with Crippen LogP contribution in [0.5, 0.6) is 0 Å². The van der Waals surface area contributed by atoms with Gasteiger partial charge in [0, 0.05) is 23.8 Å². The Labute approximate surface area is 165 Å². The van der Waals surface area contributed by atoms with Crippen LogP contribution in [0.15, 0.2) is 47.3 Å². The Hall–Kier alpha value is -3.37. The van der Waals surface area contributed by atoms with E-state index < -0.39 is 5.97 Å². The number of nitrogens with zero attached hydrogens (tertiary/aromatic N) is 2. The third-order valence-corrected chi connectivity index (χ3v) is 5.31. The van der Waals surface area contributed by atoms with Crippen LogP contribution in [0.3, 0.4) is 0 Å². The number of hydrogen-bond donors (Lipinski definition) is 1.